The Kier molecular flexibility index (Phi) is 5.64. The molecule has 3 N–H and O–H groups in total. The summed E-state index contributed by atoms with van der Waals surface area (Å²) >= 11 is 0.951. The number of hydrogen-bond donors (Lipinski definition) is 2. The molecule has 1 spiro atoms. The van der Waals surface area contributed by atoms with Crippen molar-refractivity contribution in [2.75, 3.05) is 30.8 Å². The first-order valence-electron chi connectivity index (χ1n) is 11.1. The van der Waals surface area contributed by atoms with Gasteiger partial charge in [0.2, 0.25) is 5.95 Å². The molecule has 0 aromatic carbocycles. The van der Waals surface area contributed by atoms with Crippen molar-refractivity contribution in [2.24, 2.45) is 5.41 Å². The molecule has 7 nitrogen and oxygen atoms in total. The summed E-state index contributed by atoms with van der Waals surface area (Å²) in [6.45, 7) is 1.79. The van der Waals surface area contributed by atoms with Crippen molar-refractivity contribution < 1.29 is 13.2 Å². The van der Waals surface area contributed by atoms with Crippen molar-refractivity contribution in [1.29, 1.82) is 0 Å². The highest BCUT2D eigenvalue weighted by Crippen LogP contribution is 2.47. The maximum absolute atomic E-state index is 13.5. The second-order valence-corrected chi connectivity index (χ2v) is 9.92. The summed E-state index contributed by atoms with van der Waals surface area (Å²) in [6.07, 6.45) is 7.24. The van der Waals surface area contributed by atoms with E-state index < -0.39 is 11.7 Å². The van der Waals surface area contributed by atoms with Gasteiger partial charge in [0.1, 0.15) is 5.82 Å². The van der Waals surface area contributed by atoms with Gasteiger partial charge in [-0.15, -0.1) is 0 Å². The van der Waals surface area contributed by atoms with E-state index in [9.17, 15) is 13.2 Å². The number of pyridine rings is 1. The summed E-state index contributed by atoms with van der Waals surface area (Å²) in [7, 11) is 2.05. The van der Waals surface area contributed by atoms with Gasteiger partial charge in [-0.1, -0.05) is 18.2 Å². The summed E-state index contributed by atoms with van der Waals surface area (Å²) in [5.41, 5.74) is 5.77. The first kappa shape index (κ1) is 22.3. The number of hydrogen-bond acceptors (Lipinski definition) is 7. The zero-order valence-electron chi connectivity index (χ0n) is 18.3. The third-order valence-electron chi connectivity index (χ3n) is 7.08. The second kappa shape index (κ2) is 8.35. The lowest BCUT2D eigenvalue weighted by atomic mass is 9.74. The van der Waals surface area contributed by atoms with Crippen LogP contribution in [0.4, 0.5) is 24.9 Å². The maximum atomic E-state index is 13.5. The van der Waals surface area contributed by atoms with Crippen LogP contribution in [-0.4, -0.2) is 45.5 Å². The first-order chi connectivity index (χ1) is 15.8. The van der Waals surface area contributed by atoms with E-state index in [1.54, 1.807) is 12.4 Å². The Bertz CT molecular complexity index is 1150. The van der Waals surface area contributed by atoms with Crippen LogP contribution < -0.4 is 16.0 Å². The van der Waals surface area contributed by atoms with E-state index in [2.05, 4.69) is 32.2 Å². The minimum Gasteiger partial charge on any atom is -0.384 e. The predicted molar refractivity (Wildman–Crippen MR) is 121 cm³/mol. The number of alkyl halides is 3. The number of aromatic nitrogens is 4. The molecule has 11 heteroatoms. The largest absolute Gasteiger partial charge is 0.418 e. The number of nitrogens with zero attached hydrogens (tertiary/aromatic N) is 5. The van der Waals surface area contributed by atoms with Crippen LogP contribution in [0.25, 0.3) is 5.65 Å². The van der Waals surface area contributed by atoms with Crippen molar-refractivity contribution >= 4 is 29.2 Å². The van der Waals surface area contributed by atoms with E-state index in [1.807, 2.05) is 10.6 Å². The molecule has 0 radical (unpaired) electrons. The van der Waals surface area contributed by atoms with Crippen molar-refractivity contribution in [1.82, 2.24) is 24.7 Å². The van der Waals surface area contributed by atoms with E-state index in [0.717, 1.165) is 49.8 Å². The van der Waals surface area contributed by atoms with Crippen LogP contribution in [0.2, 0.25) is 0 Å². The van der Waals surface area contributed by atoms with Gasteiger partial charge in [0, 0.05) is 48.8 Å². The fraction of sp³-hybridized carbons (Fsp3) is 0.500. The lowest BCUT2D eigenvalue weighted by molar-refractivity contribution is -0.140. The molecule has 1 aliphatic heterocycles. The third kappa shape index (κ3) is 4.01. The van der Waals surface area contributed by atoms with Crippen molar-refractivity contribution in [3.63, 3.8) is 0 Å². The standard InChI is InChI=1S/C22H26F3N7S/c1-27-17-3-2-4-21(17)5-8-31(9-6-21)20-30-13-16(19-28-7-10-32(19)20)33-15-11-18(26)29-12-14(15)22(23,24)25/h7,10-13,17,27H,2-6,8-9H2,1H3,(H2,26,29)/t17-/m1/s1. The Balaban J connectivity index is 1.42. The van der Waals surface area contributed by atoms with Crippen LogP contribution in [-0.2, 0) is 6.18 Å². The van der Waals surface area contributed by atoms with E-state index in [4.69, 9.17) is 5.73 Å². The van der Waals surface area contributed by atoms with Crippen LogP contribution in [0.15, 0.2) is 40.6 Å². The molecule has 1 saturated heterocycles. The van der Waals surface area contributed by atoms with Crippen LogP contribution in [0, 0.1) is 5.41 Å². The van der Waals surface area contributed by atoms with Crippen LogP contribution in [0.5, 0.6) is 0 Å². The van der Waals surface area contributed by atoms with Crippen molar-refractivity contribution in [3.05, 3.63) is 36.4 Å². The zero-order chi connectivity index (χ0) is 23.2. The molecular weight excluding hydrogens is 451 g/mol. The van der Waals surface area contributed by atoms with E-state index in [0.29, 0.717) is 22.0 Å². The number of nitrogens with two attached hydrogens (primary N) is 1. The van der Waals surface area contributed by atoms with E-state index in [-0.39, 0.29) is 10.7 Å². The number of imidazole rings is 1. The average molecular weight is 478 g/mol. The maximum Gasteiger partial charge on any atom is 0.418 e. The molecule has 33 heavy (non-hydrogen) atoms. The van der Waals surface area contributed by atoms with Gasteiger partial charge >= 0.3 is 6.18 Å². The van der Waals surface area contributed by atoms with Gasteiger partial charge in [-0.3, -0.25) is 4.40 Å². The fourth-order valence-electron chi connectivity index (χ4n) is 5.40. The average Bonchev–Trinajstić information content (AvgIpc) is 3.42. The molecule has 3 aromatic rings. The number of piperidine rings is 1. The van der Waals surface area contributed by atoms with Gasteiger partial charge < -0.3 is 16.0 Å². The highest BCUT2D eigenvalue weighted by atomic mass is 32.2. The molecule has 0 unspecified atom stereocenters. The van der Waals surface area contributed by atoms with Crippen LogP contribution in [0.3, 0.4) is 0 Å². The van der Waals surface area contributed by atoms with Gasteiger partial charge in [-0.05, 0) is 44.2 Å². The Hall–Kier alpha value is -2.53. The van der Waals surface area contributed by atoms with Crippen molar-refractivity contribution in [3.8, 4) is 0 Å². The third-order valence-corrected chi connectivity index (χ3v) is 8.15. The summed E-state index contributed by atoms with van der Waals surface area (Å²) in [5.74, 6) is 0.800. The van der Waals surface area contributed by atoms with Gasteiger partial charge in [0.15, 0.2) is 5.65 Å². The normalized spacial score (nSPS) is 20.7. The number of nitrogens with one attached hydrogen (secondary N) is 1. The van der Waals surface area contributed by atoms with Gasteiger partial charge in [-0.25, -0.2) is 15.0 Å². The van der Waals surface area contributed by atoms with Crippen LogP contribution in [0.1, 0.15) is 37.7 Å². The smallest absolute Gasteiger partial charge is 0.384 e. The molecule has 5 rings (SSSR count). The molecule has 2 aliphatic rings. The quantitative estimate of drug-likeness (QED) is 0.582. The van der Waals surface area contributed by atoms with Gasteiger partial charge in [0.05, 0.1) is 10.5 Å². The highest BCUT2D eigenvalue weighted by molar-refractivity contribution is 7.99. The molecule has 1 atom stereocenters. The number of anilines is 2. The first-order valence-corrected chi connectivity index (χ1v) is 11.9. The minimum atomic E-state index is -4.53. The van der Waals surface area contributed by atoms with E-state index in [1.165, 1.54) is 25.3 Å². The second-order valence-electron chi connectivity index (χ2n) is 8.83. The zero-order valence-corrected chi connectivity index (χ0v) is 19.1. The molecule has 4 heterocycles. The van der Waals surface area contributed by atoms with E-state index >= 15 is 0 Å². The Morgan fingerprint density at radius 2 is 1.91 bits per heavy atom. The topological polar surface area (TPSA) is 84.4 Å². The SMILES string of the molecule is CN[C@@H]1CCCC12CCN(c1ncc(Sc3cc(N)ncc3C(F)(F)F)c3nccn13)CC2. The number of halogens is 3. The van der Waals surface area contributed by atoms with Crippen LogP contribution >= 0.6 is 11.8 Å². The Morgan fingerprint density at radius 1 is 1.12 bits per heavy atom. The molecule has 0 bridgehead atoms. The Morgan fingerprint density at radius 3 is 2.64 bits per heavy atom. The molecular formula is C22H26F3N7S. The molecule has 176 valence electrons. The molecule has 1 aliphatic carbocycles. The fourth-order valence-corrected chi connectivity index (χ4v) is 6.44. The number of nitrogen functional groups attached to an aromatic ring is 1. The summed E-state index contributed by atoms with van der Waals surface area (Å²) in [4.78, 5) is 15.4. The van der Waals surface area contributed by atoms with Gasteiger partial charge in [0.25, 0.3) is 0 Å². The summed E-state index contributed by atoms with van der Waals surface area (Å²) < 4.78 is 42.3. The molecule has 0 amide bonds. The number of fused-ring (bicyclic) bond motifs is 1. The predicted octanol–water partition coefficient (Wildman–Crippen LogP) is 4.24. The molecule has 3 aromatic heterocycles. The number of rotatable bonds is 4. The van der Waals surface area contributed by atoms with Crippen molar-refractivity contribution in [2.45, 2.75) is 54.1 Å². The lowest BCUT2D eigenvalue weighted by Gasteiger charge is -2.43. The molecule has 1 saturated carbocycles. The highest BCUT2D eigenvalue weighted by Gasteiger charge is 2.44. The lowest BCUT2D eigenvalue weighted by Crippen LogP contribution is -2.48. The summed E-state index contributed by atoms with van der Waals surface area (Å²) in [6, 6.07) is 1.81. The summed E-state index contributed by atoms with van der Waals surface area (Å²) in [5, 5.41) is 3.51. The monoisotopic (exact) mass is 477 g/mol. The van der Waals surface area contributed by atoms with Gasteiger partial charge in [-0.2, -0.15) is 13.2 Å². The minimum absolute atomic E-state index is 0.0197. The Labute approximate surface area is 194 Å². The molecule has 2 fully saturated rings.